The molecule has 3 aliphatic rings. The zero-order valence-electron chi connectivity index (χ0n) is 12.7. The van der Waals surface area contributed by atoms with Crippen molar-refractivity contribution in [2.24, 2.45) is 11.8 Å². The first-order valence-corrected chi connectivity index (χ1v) is 7.78. The van der Waals surface area contributed by atoms with E-state index in [1.165, 1.54) is 7.11 Å². The fourth-order valence-corrected chi connectivity index (χ4v) is 4.55. The lowest BCUT2D eigenvalue weighted by Crippen LogP contribution is -2.47. The number of methoxy groups -OCH3 is 2. The molecule has 1 saturated carbocycles. The summed E-state index contributed by atoms with van der Waals surface area (Å²) in [6, 6.07) is 3.89. The minimum Gasteiger partial charge on any atom is -0.493 e. The van der Waals surface area contributed by atoms with Gasteiger partial charge in [-0.2, -0.15) is 0 Å². The highest BCUT2D eigenvalue weighted by atomic mass is 16.5. The van der Waals surface area contributed by atoms with E-state index in [1.54, 1.807) is 7.11 Å². The van der Waals surface area contributed by atoms with E-state index < -0.39 is 6.10 Å². The van der Waals surface area contributed by atoms with Crippen molar-refractivity contribution in [2.75, 3.05) is 14.2 Å². The standard InChI is InChI=1S/C17H20O5/c1-20-12-6-3-8-7-10(17(19)21-2)9-4-5-11(18)15-14(9)13(8)16(12)22-15/h3,6,9-11,14-15,18H,4-5,7H2,1-2H3/t9-,10+,11-,14-,15-/m1/s1. The minimum atomic E-state index is -0.498. The summed E-state index contributed by atoms with van der Waals surface area (Å²) in [5.41, 5.74) is 2.25. The average molecular weight is 304 g/mol. The van der Waals surface area contributed by atoms with Gasteiger partial charge >= 0.3 is 5.97 Å². The zero-order valence-corrected chi connectivity index (χ0v) is 12.7. The van der Waals surface area contributed by atoms with Crippen molar-refractivity contribution in [2.45, 2.75) is 37.4 Å². The van der Waals surface area contributed by atoms with Gasteiger partial charge in [0.05, 0.1) is 26.2 Å². The molecule has 0 unspecified atom stereocenters. The van der Waals surface area contributed by atoms with Crippen LogP contribution in [0.15, 0.2) is 12.1 Å². The Hall–Kier alpha value is -1.75. The third-order valence-corrected chi connectivity index (χ3v) is 5.51. The predicted octanol–water partition coefficient (Wildman–Crippen LogP) is 1.66. The van der Waals surface area contributed by atoms with Gasteiger partial charge in [0.1, 0.15) is 6.10 Å². The van der Waals surface area contributed by atoms with E-state index in [2.05, 4.69) is 0 Å². The summed E-state index contributed by atoms with van der Waals surface area (Å²) in [5, 5.41) is 10.3. The summed E-state index contributed by atoms with van der Waals surface area (Å²) in [7, 11) is 3.06. The predicted molar refractivity (Wildman–Crippen MR) is 78.1 cm³/mol. The largest absolute Gasteiger partial charge is 0.493 e. The molecule has 22 heavy (non-hydrogen) atoms. The first-order chi connectivity index (χ1) is 10.7. The Morgan fingerprint density at radius 3 is 2.86 bits per heavy atom. The molecule has 0 aromatic heterocycles. The number of ether oxygens (including phenoxy) is 3. The number of carbonyl (C=O) groups excluding carboxylic acids is 1. The van der Waals surface area contributed by atoms with Gasteiger partial charge in [0.15, 0.2) is 11.5 Å². The lowest BCUT2D eigenvalue weighted by molar-refractivity contribution is -0.150. The van der Waals surface area contributed by atoms with Crippen LogP contribution in [0.5, 0.6) is 11.5 Å². The smallest absolute Gasteiger partial charge is 0.309 e. The fourth-order valence-electron chi connectivity index (χ4n) is 4.55. The van der Waals surface area contributed by atoms with Crippen LogP contribution in [0.3, 0.4) is 0 Å². The molecule has 118 valence electrons. The second kappa shape index (κ2) is 4.88. The number of rotatable bonds is 2. The van der Waals surface area contributed by atoms with Crippen molar-refractivity contribution < 1.29 is 24.1 Å². The van der Waals surface area contributed by atoms with Crippen LogP contribution in [-0.4, -0.2) is 37.5 Å². The molecule has 0 radical (unpaired) electrons. The van der Waals surface area contributed by atoms with Crippen LogP contribution in [0.4, 0.5) is 0 Å². The van der Waals surface area contributed by atoms with Crippen LogP contribution in [0.1, 0.15) is 29.9 Å². The lowest BCUT2D eigenvalue weighted by Gasteiger charge is -2.42. The highest BCUT2D eigenvalue weighted by Gasteiger charge is 2.54. The highest BCUT2D eigenvalue weighted by molar-refractivity contribution is 5.75. The molecule has 4 rings (SSSR count). The zero-order chi connectivity index (χ0) is 15.4. The van der Waals surface area contributed by atoms with E-state index in [1.807, 2.05) is 12.1 Å². The van der Waals surface area contributed by atoms with Gasteiger partial charge in [-0.05, 0) is 36.8 Å². The van der Waals surface area contributed by atoms with Gasteiger partial charge in [0.2, 0.25) is 0 Å². The number of esters is 1. The van der Waals surface area contributed by atoms with Gasteiger partial charge in [-0.1, -0.05) is 6.07 Å². The normalized spacial score (nSPS) is 34.6. The molecule has 1 fully saturated rings. The van der Waals surface area contributed by atoms with Crippen LogP contribution >= 0.6 is 0 Å². The Balaban J connectivity index is 1.86. The second-order valence-corrected chi connectivity index (χ2v) is 6.42. The maximum absolute atomic E-state index is 12.2. The minimum absolute atomic E-state index is 0.0571. The number of aliphatic hydroxyl groups is 1. The summed E-state index contributed by atoms with van der Waals surface area (Å²) < 4.78 is 16.5. The van der Waals surface area contributed by atoms with Gasteiger partial charge in [0, 0.05) is 11.5 Å². The molecule has 1 N–H and O–H groups in total. The summed E-state index contributed by atoms with van der Waals surface area (Å²) in [4.78, 5) is 12.2. The molecule has 5 nitrogen and oxygen atoms in total. The van der Waals surface area contributed by atoms with E-state index in [9.17, 15) is 9.90 Å². The third-order valence-electron chi connectivity index (χ3n) is 5.51. The van der Waals surface area contributed by atoms with Crippen molar-refractivity contribution in [3.63, 3.8) is 0 Å². The topological polar surface area (TPSA) is 65.0 Å². The fraction of sp³-hybridized carbons (Fsp3) is 0.588. The number of benzene rings is 1. The van der Waals surface area contributed by atoms with Gasteiger partial charge in [0.25, 0.3) is 0 Å². The lowest BCUT2D eigenvalue weighted by atomic mass is 9.62. The third kappa shape index (κ3) is 1.72. The number of hydrogen-bond acceptors (Lipinski definition) is 5. The van der Waals surface area contributed by atoms with E-state index in [4.69, 9.17) is 14.2 Å². The molecule has 1 aromatic rings. The first-order valence-electron chi connectivity index (χ1n) is 7.78. The summed E-state index contributed by atoms with van der Waals surface area (Å²) >= 11 is 0. The van der Waals surface area contributed by atoms with E-state index in [-0.39, 0.29) is 29.8 Å². The van der Waals surface area contributed by atoms with E-state index >= 15 is 0 Å². The maximum atomic E-state index is 12.2. The quantitative estimate of drug-likeness (QED) is 0.842. The van der Waals surface area contributed by atoms with E-state index in [0.29, 0.717) is 18.6 Å². The Labute approximate surface area is 129 Å². The molecule has 0 bridgehead atoms. The molecule has 5 atom stereocenters. The number of aliphatic hydroxyl groups excluding tert-OH is 1. The monoisotopic (exact) mass is 304 g/mol. The number of carbonyl (C=O) groups is 1. The van der Waals surface area contributed by atoms with Crippen LogP contribution in [0, 0.1) is 11.8 Å². The van der Waals surface area contributed by atoms with Gasteiger partial charge in [-0.15, -0.1) is 0 Å². The molecule has 1 aromatic carbocycles. The molecule has 0 amide bonds. The van der Waals surface area contributed by atoms with Crippen molar-refractivity contribution in [3.05, 3.63) is 23.3 Å². The second-order valence-electron chi connectivity index (χ2n) is 6.42. The van der Waals surface area contributed by atoms with Gasteiger partial charge in [-0.3, -0.25) is 4.79 Å². The molecule has 1 aliphatic heterocycles. The number of hydrogen-bond donors (Lipinski definition) is 1. The Bertz CT molecular complexity index is 626. The first kappa shape index (κ1) is 13.9. The molecular formula is C17H20O5. The Morgan fingerprint density at radius 1 is 1.32 bits per heavy atom. The molecule has 0 spiro atoms. The summed E-state index contributed by atoms with van der Waals surface area (Å²) in [6.07, 6.45) is 1.37. The van der Waals surface area contributed by atoms with E-state index in [0.717, 1.165) is 23.3 Å². The Morgan fingerprint density at radius 2 is 2.14 bits per heavy atom. The summed E-state index contributed by atoms with van der Waals surface area (Å²) in [6.45, 7) is 0. The highest BCUT2D eigenvalue weighted by Crippen LogP contribution is 2.58. The molecule has 2 aliphatic carbocycles. The van der Waals surface area contributed by atoms with Crippen molar-refractivity contribution in [3.8, 4) is 11.5 Å². The van der Waals surface area contributed by atoms with Crippen LogP contribution < -0.4 is 9.47 Å². The van der Waals surface area contributed by atoms with Crippen molar-refractivity contribution in [1.29, 1.82) is 0 Å². The Kier molecular flexibility index (Phi) is 3.08. The van der Waals surface area contributed by atoms with Crippen LogP contribution in [0.25, 0.3) is 0 Å². The van der Waals surface area contributed by atoms with Crippen LogP contribution in [0.2, 0.25) is 0 Å². The average Bonchev–Trinajstić information content (AvgIpc) is 2.95. The van der Waals surface area contributed by atoms with Gasteiger partial charge in [-0.25, -0.2) is 0 Å². The molecule has 1 heterocycles. The molecule has 5 heteroatoms. The van der Waals surface area contributed by atoms with Crippen molar-refractivity contribution in [1.82, 2.24) is 0 Å². The molecular weight excluding hydrogens is 284 g/mol. The van der Waals surface area contributed by atoms with Crippen molar-refractivity contribution >= 4 is 5.97 Å². The van der Waals surface area contributed by atoms with Crippen LogP contribution in [-0.2, 0) is 16.0 Å². The SMILES string of the molecule is COC(=O)[C@H]1Cc2ccc(OC)c3c2[C@H]2[C@@H]1CC[C@@H](O)[C@H]2O3. The maximum Gasteiger partial charge on any atom is 0.309 e. The summed E-state index contributed by atoms with van der Waals surface area (Å²) in [5.74, 6) is 1.37. The van der Waals surface area contributed by atoms with Gasteiger partial charge < -0.3 is 19.3 Å². The molecule has 0 saturated heterocycles.